The van der Waals surface area contributed by atoms with Gasteiger partial charge in [0.1, 0.15) is 16.5 Å². The second-order valence-corrected chi connectivity index (χ2v) is 12.6. The second-order valence-electron chi connectivity index (χ2n) is 9.94. The number of rotatable bonds is 12. The van der Waals surface area contributed by atoms with Gasteiger partial charge >= 0.3 is 10.1 Å². The molecular formula is C30H33BrFN3O6S. The molecule has 2 aromatic carbocycles. The van der Waals surface area contributed by atoms with E-state index in [-0.39, 0.29) is 42.5 Å². The number of benzene rings is 2. The molecule has 1 unspecified atom stereocenters. The molecule has 0 bridgehead atoms. The highest BCUT2D eigenvalue weighted by Gasteiger charge is 2.33. The number of aryl methyl sites for hydroxylation is 1. The number of nitrogens with zero attached hydrogens (tertiary/aromatic N) is 3. The van der Waals surface area contributed by atoms with Gasteiger partial charge in [-0.1, -0.05) is 53.2 Å². The summed E-state index contributed by atoms with van der Waals surface area (Å²) in [5.74, 6) is -1.40. The summed E-state index contributed by atoms with van der Waals surface area (Å²) >= 11 is 3.50. The maximum atomic E-state index is 14.1. The van der Waals surface area contributed by atoms with Crippen molar-refractivity contribution in [1.29, 1.82) is 0 Å². The van der Waals surface area contributed by atoms with Crippen LogP contribution >= 0.6 is 15.9 Å². The predicted molar refractivity (Wildman–Crippen MR) is 162 cm³/mol. The SMILES string of the molecule is C=CCCN(C)c1cc(F)ccc1CCC(=O)c1nc2n(c(=O)c1OS(=O)(=O)c1ccccc1)[C@@H](CC)COCC2Br. The zero-order chi connectivity index (χ0) is 30.4. The van der Waals surface area contributed by atoms with Crippen LogP contribution in [0.3, 0.4) is 0 Å². The summed E-state index contributed by atoms with van der Waals surface area (Å²) in [6, 6.07) is 11.2. The molecule has 4 rings (SSSR count). The lowest BCUT2D eigenvalue weighted by molar-refractivity contribution is 0.0975. The molecule has 1 aliphatic rings. The summed E-state index contributed by atoms with van der Waals surface area (Å²) in [6.45, 7) is 6.60. The van der Waals surface area contributed by atoms with Crippen molar-refractivity contribution in [2.75, 3.05) is 31.7 Å². The van der Waals surface area contributed by atoms with Gasteiger partial charge in [0.15, 0.2) is 11.5 Å². The molecule has 0 radical (unpaired) electrons. The van der Waals surface area contributed by atoms with E-state index in [9.17, 15) is 22.4 Å². The van der Waals surface area contributed by atoms with E-state index in [0.717, 1.165) is 0 Å². The summed E-state index contributed by atoms with van der Waals surface area (Å²) in [7, 11) is -2.65. The molecule has 0 fully saturated rings. The molecule has 0 saturated heterocycles. The van der Waals surface area contributed by atoms with Gasteiger partial charge in [-0.15, -0.1) is 6.58 Å². The number of Topliss-reactive ketones (excluding diaryl/α,β-unsaturated/α-hetero) is 1. The third kappa shape index (κ3) is 6.99. The van der Waals surface area contributed by atoms with Gasteiger partial charge in [-0.25, -0.2) is 9.37 Å². The lowest BCUT2D eigenvalue weighted by Crippen LogP contribution is -2.34. The molecule has 1 aromatic heterocycles. The minimum atomic E-state index is -4.47. The fourth-order valence-corrected chi connectivity index (χ4v) is 6.22. The van der Waals surface area contributed by atoms with Crippen LogP contribution in [0.15, 0.2) is 70.9 Å². The summed E-state index contributed by atoms with van der Waals surface area (Å²) in [4.78, 5) is 33.4. The largest absolute Gasteiger partial charge is 0.378 e. The van der Waals surface area contributed by atoms with Crippen molar-refractivity contribution in [3.63, 3.8) is 0 Å². The van der Waals surface area contributed by atoms with Crippen molar-refractivity contribution in [3.8, 4) is 5.75 Å². The van der Waals surface area contributed by atoms with E-state index >= 15 is 0 Å². The van der Waals surface area contributed by atoms with E-state index in [4.69, 9.17) is 8.92 Å². The normalized spacial score (nSPS) is 16.8. The number of halogens is 2. The zero-order valence-electron chi connectivity index (χ0n) is 23.5. The fraction of sp³-hybridized carbons (Fsp3) is 0.367. The standard InChI is InChI=1S/C30H33BrFN3O6S/c1-4-6-16-34(3)25-17-21(32)14-12-20(25)13-15-26(36)27-28(41-42(38,39)23-10-8-7-9-11-23)30(37)35-22(5-2)18-40-19-24(31)29(35)33-27/h4,7-12,14,17,22,24H,1,5-6,13,15-16,18-19H2,2-3H3/t22-,24?/m0/s1. The number of aromatic nitrogens is 2. The molecule has 1 aliphatic heterocycles. The number of alkyl halides is 1. The molecule has 2 heterocycles. The van der Waals surface area contributed by atoms with E-state index < -0.39 is 43.9 Å². The van der Waals surface area contributed by atoms with Crippen molar-refractivity contribution < 1.29 is 26.5 Å². The van der Waals surface area contributed by atoms with Crippen LogP contribution < -0.4 is 14.6 Å². The van der Waals surface area contributed by atoms with Crippen molar-refractivity contribution >= 4 is 37.5 Å². The van der Waals surface area contributed by atoms with Gasteiger partial charge in [0.05, 0.1) is 24.1 Å². The van der Waals surface area contributed by atoms with E-state index in [0.29, 0.717) is 30.6 Å². The highest BCUT2D eigenvalue weighted by atomic mass is 79.9. The number of hydrogen-bond acceptors (Lipinski definition) is 8. The van der Waals surface area contributed by atoms with Crippen molar-refractivity contribution in [3.05, 3.63) is 94.4 Å². The maximum Gasteiger partial charge on any atom is 0.339 e. The van der Waals surface area contributed by atoms with E-state index in [1.165, 1.54) is 41.0 Å². The molecule has 224 valence electrons. The van der Waals surface area contributed by atoms with Gasteiger partial charge in [0.2, 0.25) is 5.75 Å². The quantitative estimate of drug-likeness (QED) is 0.110. The van der Waals surface area contributed by atoms with Crippen LogP contribution in [0, 0.1) is 5.82 Å². The number of ketones is 1. The van der Waals surface area contributed by atoms with E-state index in [2.05, 4.69) is 27.5 Å². The van der Waals surface area contributed by atoms with Gasteiger partial charge in [0, 0.05) is 25.7 Å². The minimum Gasteiger partial charge on any atom is -0.378 e. The fourth-order valence-electron chi connectivity index (χ4n) is 4.75. The minimum absolute atomic E-state index is 0.133. The van der Waals surface area contributed by atoms with Crippen LogP contribution in [0.5, 0.6) is 5.75 Å². The Balaban J connectivity index is 1.77. The Morgan fingerprint density at radius 2 is 2.00 bits per heavy atom. The molecule has 0 N–H and O–H groups in total. The Kier molecular flexibility index (Phi) is 10.3. The molecular weight excluding hydrogens is 629 g/mol. The molecule has 0 aliphatic carbocycles. The third-order valence-corrected chi connectivity index (χ3v) is 8.94. The number of carbonyl (C=O) groups excluding carboxylic acids is 1. The lowest BCUT2D eigenvalue weighted by atomic mass is 10.0. The molecule has 3 aromatic rings. The van der Waals surface area contributed by atoms with Crippen LogP contribution in [0.1, 0.15) is 58.9 Å². The first kappa shape index (κ1) is 31.6. The van der Waals surface area contributed by atoms with Gasteiger partial charge in [-0.2, -0.15) is 8.42 Å². The number of hydrogen-bond donors (Lipinski definition) is 0. The van der Waals surface area contributed by atoms with Gasteiger partial charge < -0.3 is 13.8 Å². The first-order chi connectivity index (χ1) is 20.1. The summed E-state index contributed by atoms with van der Waals surface area (Å²) < 4.78 is 53.0. The first-order valence-electron chi connectivity index (χ1n) is 13.6. The number of ether oxygens (including phenoxy) is 1. The lowest BCUT2D eigenvalue weighted by Gasteiger charge is -2.22. The number of carbonyl (C=O) groups is 1. The number of anilines is 1. The van der Waals surface area contributed by atoms with Gasteiger partial charge in [-0.3, -0.25) is 14.2 Å². The van der Waals surface area contributed by atoms with Crippen LogP contribution in [0.2, 0.25) is 0 Å². The molecule has 12 heteroatoms. The zero-order valence-corrected chi connectivity index (χ0v) is 25.9. The highest BCUT2D eigenvalue weighted by Crippen LogP contribution is 2.31. The highest BCUT2D eigenvalue weighted by molar-refractivity contribution is 9.09. The summed E-state index contributed by atoms with van der Waals surface area (Å²) in [5, 5.41) is 0. The van der Waals surface area contributed by atoms with Crippen LogP contribution in [-0.4, -0.2) is 50.6 Å². The molecule has 9 nitrogen and oxygen atoms in total. The summed E-state index contributed by atoms with van der Waals surface area (Å²) in [5.41, 5.74) is 0.165. The van der Waals surface area contributed by atoms with Crippen LogP contribution in [-0.2, 0) is 21.3 Å². The van der Waals surface area contributed by atoms with Crippen molar-refractivity contribution in [2.24, 2.45) is 0 Å². The first-order valence-corrected chi connectivity index (χ1v) is 15.9. The average molecular weight is 663 g/mol. The average Bonchev–Trinajstić information content (AvgIpc) is 3.14. The Morgan fingerprint density at radius 1 is 1.26 bits per heavy atom. The molecule has 42 heavy (non-hydrogen) atoms. The molecule has 2 atom stereocenters. The van der Waals surface area contributed by atoms with E-state index in [1.54, 1.807) is 18.2 Å². The summed E-state index contributed by atoms with van der Waals surface area (Å²) in [6.07, 6.45) is 3.00. The Morgan fingerprint density at radius 3 is 2.69 bits per heavy atom. The van der Waals surface area contributed by atoms with Crippen LogP contribution in [0.4, 0.5) is 10.1 Å². The third-order valence-electron chi connectivity index (χ3n) is 7.03. The van der Waals surface area contributed by atoms with Gasteiger partial charge in [0.25, 0.3) is 5.56 Å². The smallest absolute Gasteiger partial charge is 0.339 e. The predicted octanol–water partition coefficient (Wildman–Crippen LogP) is 5.40. The molecule has 0 spiro atoms. The van der Waals surface area contributed by atoms with Crippen LogP contribution in [0.25, 0.3) is 0 Å². The Bertz CT molecular complexity index is 1610. The molecule has 0 saturated carbocycles. The topological polar surface area (TPSA) is 108 Å². The number of fused-ring (bicyclic) bond motifs is 1. The van der Waals surface area contributed by atoms with Gasteiger partial charge in [-0.05, 0) is 49.1 Å². The van der Waals surface area contributed by atoms with E-state index in [1.807, 2.05) is 18.9 Å². The monoisotopic (exact) mass is 661 g/mol. The Labute approximate surface area is 253 Å². The maximum absolute atomic E-state index is 14.1. The van der Waals surface area contributed by atoms with Crippen molar-refractivity contribution in [2.45, 2.75) is 48.4 Å². The Hall–Kier alpha value is -3.35. The second kappa shape index (κ2) is 13.7. The molecule has 0 amide bonds. The van der Waals surface area contributed by atoms with Crippen molar-refractivity contribution in [1.82, 2.24) is 9.55 Å².